The molecule has 2 aromatic carbocycles. The highest BCUT2D eigenvalue weighted by molar-refractivity contribution is 5.89. The van der Waals surface area contributed by atoms with Crippen molar-refractivity contribution in [3.8, 4) is 0 Å². The highest BCUT2D eigenvalue weighted by Crippen LogP contribution is 2.18. The van der Waals surface area contributed by atoms with Gasteiger partial charge in [0, 0.05) is 30.7 Å². The molecule has 0 aliphatic rings. The molecule has 0 saturated carbocycles. The lowest BCUT2D eigenvalue weighted by atomic mass is 10.0. The second-order valence-corrected chi connectivity index (χ2v) is 8.95. The lowest BCUT2D eigenvalue weighted by Crippen LogP contribution is -2.36. The molecule has 0 saturated heterocycles. The van der Waals surface area contributed by atoms with Gasteiger partial charge in [0.15, 0.2) is 0 Å². The van der Waals surface area contributed by atoms with E-state index in [1.165, 1.54) is 16.7 Å². The minimum Gasteiger partial charge on any atom is -0.345 e. The van der Waals surface area contributed by atoms with Crippen LogP contribution in [-0.2, 0) is 13.1 Å². The van der Waals surface area contributed by atoms with Crippen LogP contribution in [0.2, 0.25) is 0 Å². The molecule has 0 radical (unpaired) electrons. The van der Waals surface area contributed by atoms with Crippen LogP contribution in [0.5, 0.6) is 0 Å². The summed E-state index contributed by atoms with van der Waals surface area (Å²) in [4.78, 5) is 15.1. The summed E-state index contributed by atoms with van der Waals surface area (Å²) in [6, 6.07) is 20.9. The number of carbonyl (C=O) groups excluding carboxylic acids is 1. The van der Waals surface area contributed by atoms with Crippen LogP contribution in [0.1, 0.15) is 68.3 Å². The Kier molecular flexibility index (Phi) is 8.55. The fourth-order valence-electron chi connectivity index (χ4n) is 3.91. The van der Waals surface area contributed by atoms with Crippen molar-refractivity contribution in [1.29, 1.82) is 0 Å². The van der Waals surface area contributed by atoms with E-state index in [1.54, 1.807) is 0 Å². The number of urea groups is 1. The first-order valence-corrected chi connectivity index (χ1v) is 11.8. The van der Waals surface area contributed by atoms with Gasteiger partial charge in [0.05, 0.1) is 6.54 Å². The van der Waals surface area contributed by atoms with Gasteiger partial charge < -0.3 is 14.8 Å². The van der Waals surface area contributed by atoms with Crippen molar-refractivity contribution in [2.24, 2.45) is 0 Å². The van der Waals surface area contributed by atoms with E-state index in [4.69, 9.17) is 0 Å². The van der Waals surface area contributed by atoms with E-state index in [9.17, 15) is 4.79 Å². The normalized spacial score (nSPS) is 11.0. The molecule has 32 heavy (non-hydrogen) atoms. The Morgan fingerprint density at radius 1 is 1.03 bits per heavy atom. The van der Waals surface area contributed by atoms with Crippen molar-refractivity contribution < 1.29 is 4.79 Å². The molecule has 2 amide bonds. The maximum atomic E-state index is 13.2. The van der Waals surface area contributed by atoms with E-state index in [2.05, 4.69) is 92.3 Å². The zero-order valence-corrected chi connectivity index (χ0v) is 20.0. The van der Waals surface area contributed by atoms with E-state index in [0.29, 0.717) is 12.5 Å². The van der Waals surface area contributed by atoms with Crippen molar-refractivity contribution >= 4 is 11.7 Å². The molecule has 3 aromatic rings. The molecule has 0 atom stereocenters. The van der Waals surface area contributed by atoms with Crippen LogP contribution in [0.15, 0.2) is 66.9 Å². The van der Waals surface area contributed by atoms with Crippen molar-refractivity contribution in [2.75, 3.05) is 11.9 Å². The molecule has 0 aliphatic heterocycles. The number of rotatable bonds is 10. The van der Waals surface area contributed by atoms with Crippen molar-refractivity contribution in [2.45, 2.75) is 66.0 Å². The molecule has 0 fully saturated rings. The summed E-state index contributed by atoms with van der Waals surface area (Å²) in [5.41, 5.74) is 5.80. The Bertz CT molecular complexity index is 988. The highest BCUT2D eigenvalue weighted by Gasteiger charge is 2.16. The lowest BCUT2D eigenvalue weighted by Gasteiger charge is -2.24. The first kappa shape index (κ1) is 23.6. The summed E-state index contributed by atoms with van der Waals surface area (Å²) in [6.45, 7) is 10.8. The summed E-state index contributed by atoms with van der Waals surface area (Å²) in [5.74, 6) is 0.478. The molecule has 1 heterocycles. The van der Waals surface area contributed by atoms with Crippen LogP contribution in [0.3, 0.4) is 0 Å². The Balaban J connectivity index is 1.71. The monoisotopic (exact) mass is 431 g/mol. The van der Waals surface area contributed by atoms with Gasteiger partial charge in [-0.3, -0.25) is 0 Å². The molecule has 4 nitrogen and oxygen atoms in total. The largest absolute Gasteiger partial charge is 0.345 e. The van der Waals surface area contributed by atoms with Gasteiger partial charge in [0.25, 0.3) is 0 Å². The van der Waals surface area contributed by atoms with Gasteiger partial charge >= 0.3 is 6.03 Å². The summed E-state index contributed by atoms with van der Waals surface area (Å²) in [7, 11) is 0. The predicted octanol–water partition coefficient (Wildman–Crippen LogP) is 7.19. The van der Waals surface area contributed by atoms with Crippen molar-refractivity contribution in [1.82, 2.24) is 9.47 Å². The molecule has 4 heteroatoms. The van der Waals surface area contributed by atoms with Gasteiger partial charge in [0.2, 0.25) is 0 Å². The average Bonchev–Trinajstić information content (AvgIpc) is 3.20. The second kappa shape index (κ2) is 11.6. The third-order valence-corrected chi connectivity index (χ3v) is 5.86. The number of unbranched alkanes of at least 4 members (excludes halogenated alkanes) is 2. The average molecular weight is 432 g/mol. The van der Waals surface area contributed by atoms with Crippen LogP contribution in [0, 0.1) is 6.92 Å². The second-order valence-electron chi connectivity index (χ2n) is 8.95. The molecule has 0 bridgehead atoms. The summed E-state index contributed by atoms with van der Waals surface area (Å²) in [5, 5.41) is 3.10. The lowest BCUT2D eigenvalue weighted by molar-refractivity contribution is 0.206. The van der Waals surface area contributed by atoms with Crippen LogP contribution < -0.4 is 5.32 Å². The molecule has 0 aliphatic carbocycles. The van der Waals surface area contributed by atoms with Crippen LogP contribution in [0.25, 0.3) is 0 Å². The van der Waals surface area contributed by atoms with E-state index >= 15 is 0 Å². The summed E-state index contributed by atoms with van der Waals surface area (Å²) in [6.07, 6.45) is 5.37. The van der Waals surface area contributed by atoms with Crippen molar-refractivity contribution in [3.05, 3.63) is 89.2 Å². The topological polar surface area (TPSA) is 37.3 Å². The first-order chi connectivity index (χ1) is 15.5. The summed E-state index contributed by atoms with van der Waals surface area (Å²) < 4.78 is 2.24. The zero-order valence-electron chi connectivity index (χ0n) is 20.0. The Morgan fingerprint density at radius 3 is 2.50 bits per heavy atom. The minimum atomic E-state index is -0.0401. The van der Waals surface area contributed by atoms with Gasteiger partial charge in [-0.15, -0.1) is 0 Å². The number of nitrogens with one attached hydrogen (secondary N) is 1. The molecule has 0 unspecified atom stereocenters. The maximum Gasteiger partial charge on any atom is 0.322 e. The number of aromatic nitrogens is 1. The molecule has 170 valence electrons. The quantitative estimate of drug-likeness (QED) is 0.339. The van der Waals surface area contributed by atoms with Gasteiger partial charge in [-0.2, -0.15) is 0 Å². The van der Waals surface area contributed by atoms with Crippen LogP contribution in [0.4, 0.5) is 10.5 Å². The molecule has 3 rings (SSSR count). The third-order valence-electron chi connectivity index (χ3n) is 5.86. The van der Waals surface area contributed by atoms with Gasteiger partial charge in [0.1, 0.15) is 0 Å². The number of aryl methyl sites for hydroxylation is 1. The fraction of sp³-hybridized carbons (Fsp3) is 0.393. The predicted molar refractivity (Wildman–Crippen MR) is 134 cm³/mol. The van der Waals surface area contributed by atoms with Gasteiger partial charge in [-0.25, -0.2) is 4.79 Å². The number of hydrogen-bond donors (Lipinski definition) is 1. The summed E-state index contributed by atoms with van der Waals surface area (Å²) >= 11 is 0. The molecule has 1 aromatic heterocycles. The highest BCUT2D eigenvalue weighted by atomic mass is 16.2. The Morgan fingerprint density at radius 2 is 1.81 bits per heavy atom. The smallest absolute Gasteiger partial charge is 0.322 e. The number of anilines is 1. The van der Waals surface area contributed by atoms with Gasteiger partial charge in [-0.1, -0.05) is 75.6 Å². The van der Waals surface area contributed by atoms with E-state index in [0.717, 1.165) is 43.7 Å². The molecular formula is C28H37N3O. The maximum absolute atomic E-state index is 13.2. The Labute approximate surface area is 193 Å². The van der Waals surface area contributed by atoms with E-state index in [1.807, 2.05) is 17.0 Å². The number of amides is 2. The van der Waals surface area contributed by atoms with E-state index < -0.39 is 0 Å². The van der Waals surface area contributed by atoms with Crippen LogP contribution >= 0.6 is 0 Å². The standard InChI is InChI=1S/C28H37N3O/c1-5-6-7-17-31(28(32)29-26-15-13-25(14-16-26)22(2)3)21-27-12-9-18-30(27)20-24-11-8-10-23(4)19-24/h8-16,18-19,22H,5-7,17,20-21H2,1-4H3,(H,29,32). The van der Waals surface area contributed by atoms with E-state index in [-0.39, 0.29) is 6.03 Å². The number of carbonyl (C=O) groups is 1. The molecule has 0 spiro atoms. The van der Waals surface area contributed by atoms with Crippen molar-refractivity contribution in [3.63, 3.8) is 0 Å². The fourth-order valence-corrected chi connectivity index (χ4v) is 3.91. The number of hydrogen-bond acceptors (Lipinski definition) is 1. The molecule has 1 N–H and O–H groups in total. The molecular weight excluding hydrogens is 394 g/mol. The zero-order chi connectivity index (χ0) is 22.9. The first-order valence-electron chi connectivity index (χ1n) is 11.8. The van der Waals surface area contributed by atoms with Crippen LogP contribution in [-0.4, -0.2) is 22.0 Å². The minimum absolute atomic E-state index is 0.0401. The Hall–Kier alpha value is -3.01. The SMILES string of the molecule is CCCCCN(Cc1cccn1Cc1cccc(C)c1)C(=O)Nc1ccc(C(C)C)cc1. The number of benzene rings is 2. The third kappa shape index (κ3) is 6.74. The number of nitrogens with zero attached hydrogens (tertiary/aromatic N) is 2. The van der Waals surface area contributed by atoms with Gasteiger partial charge in [-0.05, 0) is 54.7 Å².